The van der Waals surface area contributed by atoms with Gasteiger partial charge in [-0.2, -0.15) is 15.0 Å². The van der Waals surface area contributed by atoms with E-state index in [1.165, 1.54) is 0 Å². The molecular weight excluding hydrogens is 234 g/mol. The number of nitrogens with zero attached hydrogens (tertiary/aromatic N) is 4. The Bertz CT molecular complexity index is 359. The minimum atomic E-state index is 0.310. The predicted molar refractivity (Wildman–Crippen MR) is 70.3 cm³/mol. The van der Waals surface area contributed by atoms with Crippen molar-refractivity contribution >= 4 is 11.9 Å². The third-order valence-corrected chi connectivity index (χ3v) is 2.00. The van der Waals surface area contributed by atoms with Gasteiger partial charge in [-0.05, 0) is 13.8 Å². The molecule has 7 nitrogen and oxygen atoms in total. The van der Waals surface area contributed by atoms with Crippen LogP contribution in [0.1, 0.15) is 13.8 Å². The highest BCUT2D eigenvalue weighted by atomic mass is 16.5. The van der Waals surface area contributed by atoms with Crippen LogP contribution >= 0.6 is 0 Å². The Kier molecular flexibility index (Phi) is 6.13. The van der Waals surface area contributed by atoms with Crippen LogP contribution in [-0.4, -0.2) is 55.4 Å². The lowest BCUT2D eigenvalue weighted by Crippen LogP contribution is -2.17. The topological polar surface area (TPSA) is 72.4 Å². The van der Waals surface area contributed by atoms with E-state index in [9.17, 15) is 0 Å². The van der Waals surface area contributed by atoms with Gasteiger partial charge in [0.25, 0.3) is 0 Å². The van der Waals surface area contributed by atoms with Crippen LogP contribution in [0.3, 0.4) is 0 Å². The van der Waals surface area contributed by atoms with E-state index in [4.69, 9.17) is 9.47 Å². The molecule has 0 aliphatic rings. The largest absolute Gasteiger partial charge is 0.461 e. The molecule has 1 N–H and O–H groups in total. The molecule has 102 valence electrons. The zero-order valence-corrected chi connectivity index (χ0v) is 11.4. The number of hydrogen-bond donors (Lipinski definition) is 1. The van der Waals surface area contributed by atoms with Gasteiger partial charge in [-0.3, -0.25) is 0 Å². The first kappa shape index (κ1) is 14.4. The minimum absolute atomic E-state index is 0.310. The van der Waals surface area contributed by atoms with Crippen LogP contribution in [0.2, 0.25) is 0 Å². The molecule has 18 heavy (non-hydrogen) atoms. The number of nitrogens with one attached hydrogen (secondary N) is 1. The number of hydrogen-bond acceptors (Lipinski definition) is 7. The molecule has 0 radical (unpaired) electrons. The molecule has 1 heterocycles. The van der Waals surface area contributed by atoms with Crippen LogP contribution in [0.4, 0.5) is 11.9 Å². The van der Waals surface area contributed by atoms with Gasteiger partial charge in [0.1, 0.15) is 6.61 Å². The summed E-state index contributed by atoms with van der Waals surface area (Å²) in [7, 11) is 3.74. The second-order valence-electron chi connectivity index (χ2n) is 3.71. The number of aromatic nitrogens is 3. The highest BCUT2D eigenvalue weighted by molar-refractivity contribution is 5.36. The molecule has 1 rings (SSSR count). The lowest BCUT2D eigenvalue weighted by Gasteiger charge is -2.13. The van der Waals surface area contributed by atoms with Crippen molar-refractivity contribution in [3.05, 3.63) is 0 Å². The van der Waals surface area contributed by atoms with Crippen LogP contribution < -0.4 is 15.0 Å². The lowest BCUT2D eigenvalue weighted by atomic mass is 10.7. The first-order valence-electron chi connectivity index (χ1n) is 6.05. The molecule has 0 aliphatic heterocycles. The second-order valence-corrected chi connectivity index (χ2v) is 3.71. The van der Waals surface area contributed by atoms with E-state index < -0.39 is 0 Å². The Labute approximate surface area is 108 Å². The molecule has 1 aromatic heterocycles. The average molecular weight is 255 g/mol. The van der Waals surface area contributed by atoms with Gasteiger partial charge in [0.2, 0.25) is 11.9 Å². The molecular formula is C11H21N5O2. The molecule has 0 saturated heterocycles. The lowest BCUT2D eigenvalue weighted by molar-refractivity contribution is 0.106. The maximum Gasteiger partial charge on any atom is 0.323 e. The summed E-state index contributed by atoms with van der Waals surface area (Å²) in [6, 6.07) is 0.310. The van der Waals surface area contributed by atoms with E-state index in [1.807, 2.05) is 27.9 Å². The summed E-state index contributed by atoms with van der Waals surface area (Å²) in [5, 5.41) is 3.04. The summed E-state index contributed by atoms with van der Waals surface area (Å²) in [6.07, 6.45) is 0. The molecule has 0 unspecified atom stereocenters. The number of ether oxygens (including phenoxy) is 2. The molecule has 0 spiro atoms. The monoisotopic (exact) mass is 255 g/mol. The van der Waals surface area contributed by atoms with Gasteiger partial charge in [-0.1, -0.05) is 0 Å². The van der Waals surface area contributed by atoms with Crippen molar-refractivity contribution in [1.29, 1.82) is 0 Å². The normalized spacial score (nSPS) is 10.2. The zero-order chi connectivity index (χ0) is 13.4. The predicted octanol–water partition coefficient (Wildman–Crippen LogP) is 0.785. The summed E-state index contributed by atoms with van der Waals surface area (Å²) in [4.78, 5) is 14.4. The third-order valence-electron chi connectivity index (χ3n) is 2.00. The Hall–Kier alpha value is -1.63. The molecule has 0 saturated carbocycles. The summed E-state index contributed by atoms with van der Waals surface area (Å²) in [5.74, 6) is 1.08. The Morgan fingerprint density at radius 2 is 1.89 bits per heavy atom. The smallest absolute Gasteiger partial charge is 0.323 e. The summed E-state index contributed by atoms with van der Waals surface area (Å²) < 4.78 is 10.6. The van der Waals surface area contributed by atoms with Crippen LogP contribution in [0.15, 0.2) is 0 Å². The van der Waals surface area contributed by atoms with E-state index >= 15 is 0 Å². The van der Waals surface area contributed by atoms with Gasteiger partial charge in [0.05, 0.1) is 6.61 Å². The summed E-state index contributed by atoms with van der Waals surface area (Å²) >= 11 is 0. The Balaban J connectivity index is 2.69. The average Bonchev–Trinajstić information content (AvgIpc) is 2.35. The zero-order valence-electron chi connectivity index (χ0n) is 11.4. The second kappa shape index (κ2) is 7.65. The molecule has 0 bridgehead atoms. The molecule has 0 aromatic carbocycles. The highest BCUT2D eigenvalue weighted by Crippen LogP contribution is 2.12. The van der Waals surface area contributed by atoms with Crippen molar-refractivity contribution in [2.45, 2.75) is 13.8 Å². The molecule has 0 atom stereocenters. The molecule has 7 heteroatoms. The SMILES string of the molecule is CCNc1nc(OCCOCC)nc(N(C)C)n1. The highest BCUT2D eigenvalue weighted by Gasteiger charge is 2.08. The first-order valence-corrected chi connectivity index (χ1v) is 6.05. The number of anilines is 2. The standard InChI is InChI=1S/C11H21N5O2/c1-5-12-9-13-10(16(3)4)15-11(14-9)18-8-7-17-6-2/h5-8H2,1-4H3,(H,12,13,14,15). The van der Waals surface area contributed by atoms with Crippen molar-refractivity contribution in [3.8, 4) is 6.01 Å². The van der Waals surface area contributed by atoms with Gasteiger partial charge in [0.15, 0.2) is 0 Å². The molecule has 0 aliphatic carbocycles. The Morgan fingerprint density at radius 1 is 1.11 bits per heavy atom. The fraction of sp³-hybridized carbons (Fsp3) is 0.727. The Morgan fingerprint density at radius 3 is 2.50 bits per heavy atom. The van der Waals surface area contributed by atoms with Gasteiger partial charge in [-0.15, -0.1) is 0 Å². The summed E-state index contributed by atoms with van der Waals surface area (Å²) in [5.41, 5.74) is 0. The molecule has 0 fully saturated rings. The molecule has 0 amide bonds. The van der Waals surface area contributed by atoms with E-state index in [-0.39, 0.29) is 0 Å². The first-order chi connectivity index (χ1) is 8.67. The minimum Gasteiger partial charge on any atom is -0.461 e. The third kappa shape index (κ3) is 4.70. The fourth-order valence-electron chi connectivity index (χ4n) is 1.18. The van der Waals surface area contributed by atoms with E-state index in [0.717, 1.165) is 6.54 Å². The van der Waals surface area contributed by atoms with Crippen LogP contribution in [-0.2, 0) is 4.74 Å². The van der Waals surface area contributed by atoms with E-state index in [2.05, 4.69) is 20.3 Å². The van der Waals surface area contributed by atoms with E-state index in [0.29, 0.717) is 37.7 Å². The van der Waals surface area contributed by atoms with Crippen LogP contribution in [0.25, 0.3) is 0 Å². The van der Waals surface area contributed by atoms with Crippen molar-refractivity contribution in [2.75, 3.05) is 50.7 Å². The van der Waals surface area contributed by atoms with Crippen molar-refractivity contribution in [3.63, 3.8) is 0 Å². The van der Waals surface area contributed by atoms with Gasteiger partial charge < -0.3 is 19.7 Å². The van der Waals surface area contributed by atoms with Gasteiger partial charge in [-0.25, -0.2) is 0 Å². The van der Waals surface area contributed by atoms with Gasteiger partial charge in [0, 0.05) is 27.2 Å². The maximum absolute atomic E-state index is 5.43. The van der Waals surface area contributed by atoms with Crippen molar-refractivity contribution < 1.29 is 9.47 Å². The van der Waals surface area contributed by atoms with Crippen LogP contribution in [0.5, 0.6) is 6.01 Å². The maximum atomic E-state index is 5.43. The number of rotatable bonds is 8. The summed E-state index contributed by atoms with van der Waals surface area (Å²) in [6.45, 7) is 6.29. The van der Waals surface area contributed by atoms with Crippen molar-refractivity contribution in [1.82, 2.24) is 15.0 Å². The van der Waals surface area contributed by atoms with E-state index in [1.54, 1.807) is 4.90 Å². The van der Waals surface area contributed by atoms with Crippen LogP contribution in [0, 0.1) is 0 Å². The fourth-order valence-corrected chi connectivity index (χ4v) is 1.18. The molecule has 1 aromatic rings. The van der Waals surface area contributed by atoms with Crippen molar-refractivity contribution in [2.24, 2.45) is 0 Å². The van der Waals surface area contributed by atoms with Gasteiger partial charge >= 0.3 is 6.01 Å². The quantitative estimate of drug-likeness (QED) is 0.688.